The van der Waals surface area contributed by atoms with Crippen LogP contribution in [0.2, 0.25) is 0 Å². The van der Waals surface area contributed by atoms with Gasteiger partial charge in [-0.2, -0.15) is 0 Å². The molecule has 0 saturated carbocycles. The molecule has 2 aromatic rings. The van der Waals surface area contributed by atoms with Crippen molar-refractivity contribution in [3.63, 3.8) is 0 Å². The van der Waals surface area contributed by atoms with Crippen LogP contribution in [0.15, 0.2) is 30.7 Å². The van der Waals surface area contributed by atoms with Crippen LogP contribution >= 0.6 is 0 Å². The number of hydrogen-bond donors (Lipinski definition) is 0. The summed E-state index contributed by atoms with van der Waals surface area (Å²) in [4.78, 5) is 4.37. The number of rotatable bonds is 1. The summed E-state index contributed by atoms with van der Waals surface area (Å²) in [7, 11) is 1.74. The molecule has 1 aromatic carbocycles. The van der Waals surface area contributed by atoms with Crippen LogP contribution in [0, 0.1) is 0 Å². The Morgan fingerprint density at radius 3 is 3.11 bits per heavy atom. The standard InChI is InChI=1S/C16H18N2O/c1-19-14-4-5-15-12(9-14)6-8-16(15)7-2-3-13-10-17-11-18(13)16/h4-5,9-11H,2-3,6-8H2,1H3. The van der Waals surface area contributed by atoms with Crippen LogP contribution in [0.1, 0.15) is 36.1 Å². The first-order chi connectivity index (χ1) is 9.33. The van der Waals surface area contributed by atoms with Gasteiger partial charge in [-0.1, -0.05) is 6.07 Å². The molecule has 1 unspecified atom stereocenters. The van der Waals surface area contributed by atoms with Crippen LogP contribution in [0.3, 0.4) is 0 Å². The molecule has 1 atom stereocenters. The van der Waals surface area contributed by atoms with E-state index in [1.807, 2.05) is 12.5 Å². The molecule has 0 radical (unpaired) electrons. The molecule has 2 aliphatic rings. The SMILES string of the molecule is COc1ccc2c(c1)CCC21CCCc2cncn21. The number of aromatic nitrogens is 2. The molecule has 4 rings (SSSR count). The average molecular weight is 254 g/mol. The van der Waals surface area contributed by atoms with Crippen LogP contribution < -0.4 is 4.74 Å². The zero-order valence-corrected chi connectivity index (χ0v) is 11.2. The molecular weight excluding hydrogens is 236 g/mol. The Bertz CT molecular complexity index is 631. The van der Waals surface area contributed by atoms with E-state index in [4.69, 9.17) is 4.74 Å². The molecule has 19 heavy (non-hydrogen) atoms. The van der Waals surface area contributed by atoms with E-state index in [1.54, 1.807) is 7.11 Å². The number of methoxy groups -OCH3 is 1. The lowest BCUT2D eigenvalue weighted by Gasteiger charge is -2.37. The number of aryl methyl sites for hydroxylation is 2. The first-order valence-corrected chi connectivity index (χ1v) is 7.03. The summed E-state index contributed by atoms with van der Waals surface area (Å²) in [5.74, 6) is 0.970. The van der Waals surface area contributed by atoms with E-state index in [0.29, 0.717) is 0 Å². The Labute approximate surface area is 113 Å². The highest BCUT2D eigenvalue weighted by Crippen LogP contribution is 2.47. The molecule has 1 aromatic heterocycles. The third-order valence-electron chi connectivity index (χ3n) is 4.82. The lowest BCUT2D eigenvalue weighted by atomic mass is 9.83. The number of hydrogen-bond acceptors (Lipinski definition) is 2. The molecule has 0 saturated heterocycles. The van der Waals surface area contributed by atoms with Gasteiger partial charge in [0.2, 0.25) is 0 Å². The largest absolute Gasteiger partial charge is 0.497 e. The van der Waals surface area contributed by atoms with Gasteiger partial charge in [-0.05, 0) is 55.4 Å². The van der Waals surface area contributed by atoms with Crippen LogP contribution in [-0.2, 0) is 18.4 Å². The summed E-state index contributed by atoms with van der Waals surface area (Å²) < 4.78 is 7.78. The minimum atomic E-state index is 0.158. The average Bonchev–Trinajstić information content (AvgIpc) is 3.05. The molecule has 0 fully saturated rings. The molecule has 1 spiro atoms. The Morgan fingerprint density at radius 2 is 2.21 bits per heavy atom. The van der Waals surface area contributed by atoms with E-state index in [0.717, 1.165) is 18.6 Å². The van der Waals surface area contributed by atoms with Crippen molar-refractivity contribution in [3.8, 4) is 5.75 Å². The molecular formula is C16H18N2O. The minimum Gasteiger partial charge on any atom is -0.497 e. The van der Waals surface area contributed by atoms with Crippen molar-refractivity contribution < 1.29 is 4.74 Å². The normalized spacial score (nSPS) is 24.3. The topological polar surface area (TPSA) is 27.1 Å². The summed E-state index contributed by atoms with van der Waals surface area (Å²) >= 11 is 0. The summed E-state index contributed by atoms with van der Waals surface area (Å²) in [6, 6.07) is 6.56. The van der Waals surface area contributed by atoms with Gasteiger partial charge in [0.05, 0.1) is 19.0 Å². The van der Waals surface area contributed by atoms with Crippen LogP contribution in [-0.4, -0.2) is 16.7 Å². The van der Waals surface area contributed by atoms with Crippen LogP contribution in [0.4, 0.5) is 0 Å². The molecule has 1 aliphatic heterocycles. The second kappa shape index (κ2) is 3.86. The Kier molecular flexibility index (Phi) is 2.25. The fourth-order valence-corrected chi connectivity index (χ4v) is 3.92. The summed E-state index contributed by atoms with van der Waals surface area (Å²) in [5.41, 5.74) is 4.47. The van der Waals surface area contributed by atoms with Gasteiger partial charge in [-0.15, -0.1) is 0 Å². The number of ether oxygens (including phenoxy) is 1. The monoisotopic (exact) mass is 254 g/mol. The zero-order valence-electron chi connectivity index (χ0n) is 11.2. The summed E-state index contributed by atoms with van der Waals surface area (Å²) in [6.45, 7) is 0. The van der Waals surface area contributed by atoms with Gasteiger partial charge in [0.1, 0.15) is 5.75 Å². The third-order valence-corrected chi connectivity index (χ3v) is 4.82. The van der Waals surface area contributed by atoms with Crippen LogP contribution in [0.5, 0.6) is 5.75 Å². The van der Waals surface area contributed by atoms with E-state index in [9.17, 15) is 0 Å². The van der Waals surface area contributed by atoms with Crippen molar-refractivity contribution in [3.05, 3.63) is 47.5 Å². The molecule has 0 amide bonds. The maximum atomic E-state index is 5.35. The highest BCUT2D eigenvalue weighted by molar-refractivity contribution is 5.45. The number of imidazole rings is 1. The second-order valence-corrected chi connectivity index (χ2v) is 5.66. The third kappa shape index (κ3) is 1.41. The Balaban J connectivity index is 1.89. The van der Waals surface area contributed by atoms with E-state index >= 15 is 0 Å². The Morgan fingerprint density at radius 1 is 1.26 bits per heavy atom. The predicted octanol–water partition coefficient (Wildman–Crippen LogP) is 2.92. The fraction of sp³-hybridized carbons (Fsp3) is 0.438. The van der Waals surface area contributed by atoms with Gasteiger partial charge < -0.3 is 9.30 Å². The molecule has 1 aliphatic carbocycles. The maximum Gasteiger partial charge on any atom is 0.119 e. The zero-order chi connectivity index (χ0) is 12.9. The van der Waals surface area contributed by atoms with Crippen molar-refractivity contribution in [2.45, 2.75) is 37.6 Å². The minimum absolute atomic E-state index is 0.158. The predicted molar refractivity (Wildman–Crippen MR) is 73.6 cm³/mol. The van der Waals surface area contributed by atoms with Gasteiger partial charge in [0.15, 0.2) is 0 Å². The van der Waals surface area contributed by atoms with Crippen molar-refractivity contribution in [2.24, 2.45) is 0 Å². The first-order valence-electron chi connectivity index (χ1n) is 7.03. The number of fused-ring (bicyclic) bond motifs is 4. The smallest absolute Gasteiger partial charge is 0.119 e. The van der Waals surface area contributed by atoms with Crippen molar-refractivity contribution >= 4 is 0 Å². The molecule has 0 bridgehead atoms. The molecule has 0 N–H and O–H groups in total. The quantitative estimate of drug-likeness (QED) is 0.782. The summed E-state index contributed by atoms with van der Waals surface area (Å²) in [5, 5.41) is 0. The Hall–Kier alpha value is -1.77. The molecule has 3 heteroatoms. The van der Waals surface area contributed by atoms with Crippen molar-refractivity contribution in [1.29, 1.82) is 0 Å². The van der Waals surface area contributed by atoms with Gasteiger partial charge in [-0.3, -0.25) is 0 Å². The van der Waals surface area contributed by atoms with Crippen LogP contribution in [0.25, 0.3) is 0 Å². The molecule has 2 heterocycles. The van der Waals surface area contributed by atoms with Crippen molar-refractivity contribution in [1.82, 2.24) is 9.55 Å². The van der Waals surface area contributed by atoms with E-state index in [1.165, 1.54) is 36.1 Å². The van der Waals surface area contributed by atoms with Gasteiger partial charge in [-0.25, -0.2) is 4.98 Å². The highest BCUT2D eigenvalue weighted by atomic mass is 16.5. The van der Waals surface area contributed by atoms with Crippen molar-refractivity contribution in [2.75, 3.05) is 7.11 Å². The lowest BCUT2D eigenvalue weighted by Crippen LogP contribution is -2.36. The fourth-order valence-electron chi connectivity index (χ4n) is 3.92. The maximum absolute atomic E-state index is 5.35. The van der Waals surface area contributed by atoms with Gasteiger partial charge in [0, 0.05) is 11.9 Å². The van der Waals surface area contributed by atoms with E-state index in [2.05, 4.69) is 27.8 Å². The van der Waals surface area contributed by atoms with Gasteiger partial charge in [0.25, 0.3) is 0 Å². The number of nitrogens with zero attached hydrogens (tertiary/aromatic N) is 2. The molecule has 3 nitrogen and oxygen atoms in total. The first kappa shape index (κ1) is 11.1. The van der Waals surface area contributed by atoms with E-state index in [-0.39, 0.29) is 5.54 Å². The summed E-state index contributed by atoms with van der Waals surface area (Å²) in [6.07, 6.45) is 10.0. The highest BCUT2D eigenvalue weighted by Gasteiger charge is 2.42. The second-order valence-electron chi connectivity index (χ2n) is 5.66. The lowest BCUT2D eigenvalue weighted by molar-refractivity contribution is 0.282. The van der Waals surface area contributed by atoms with E-state index < -0.39 is 0 Å². The molecule has 98 valence electrons. The van der Waals surface area contributed by atoms with Gasteiger partial charge >= 0.3 is 0 Å². The number of benzene rings is 1.